The van der Waals surface area contributed by atoms with Crippen LogP contribution in [0.5, 0.6) is 0 Å². The number of esters is 1. The number of rotatable bonds is 5. The molecule has 0 N–H and O–H groups in total. The Bertz CT molecular complexity index is 919. The second kappa shape index (κ2) is 7.37. The first-order valence-corrected chi connectivity index (χ1v) is 11.3. The molecule has 4 bridgehead atoms. The molecule has 4 saturated carbocycles. The topological polar surface area (TPSA) is 43.4 Å². The summed E-state index contributed by atoms with van der Waals surface area (Å²) in [4.78, 5) is 27.0. The van der Waals surface area contributed by atoms with Gasteiger partial charge in [0.2, 0.25) is 5.78 Å². The third kappa shape index (κ3) is 3.49. The fourth-order valence-electron chi connectivity index (χ4n) is 6.48. The lowest BCUT2D eigenvalue weighted by molar-refractivity contribution is -0.175. The molecule has 4 aliphatic rings. The van der Waals surface area contributed by atoms with Gasteiger partial charge in [0.25, 0.3) is 0 Å². The van der Waals surface area contributed by atoms with Crippen LogP contribution in [0.2, 0.25) is 0 Å². The quantitative estimate of drug-likeness (QED) is 0.456. The van der Waals surface area contributed by atoms with Crippen molar-refractivity contribution in [3.8, 4) is 0 Å². The molecule has 4 aliphatic carbocycles. The van der Waals surface area contributed by atoms with Gasteiger partial charge in [-0.1, -0.05) is 59.7 Å². The van der Waals surface area contributed by atoms with E-state index in [2.05, 4.69) is 0 Å². The summed E-state index contributed by atoms with van der Waals surface area (Å²) in [7, 11) is 0. The van der Waals surface area contributed by atoms with Crippen molar-refractivity contribution in [1.82, 2.24) is 0 Å². The lowest BCUT2D eigenvalue weighted by Gasteiger charge is -2.55. The van der Waals surface area contributed by atoms with Gasteiger partial charge >= 0.3 is 5.97 Å². The van der Waals surface area contributed by atoms with Crippen molar-refractivity contribution in [1.29, 1.82) is 0 Å². The molecule has 0 aliphatic heterocycles. The molecule has 2 aromatic carbocycles. The van der Waals surface area contributed by atoms with Crippen LogP contribution in [-0.4, -0.2) is 11.8 Å². The van der Waals surface area contributed by atoms with Gasteiger partial charge in [0.15, 0.2) is 6.10 Å². The Kier molecular flexibility index (Phi) is 4.80. The molecule has 30 heavy (non-hydrogen) atoms. The van der Waals surface area contributed by atoms with Crippen LogP contribution in [0, 0.1) is 37.0 Å². The van der Waals surface area contributed by atoms with Crippen molar-refractivity contribution in [3.63, 3.8) is 0 Å². The molecule has 0 saturated heterocycles. The molecular formula is C27H30O3. The lowest BCUT2D eigenvalue weighted by Crippen LogP contribution is -2.51. The third-order valence-corrected chi connectivity index (χ3v) is 7.65. The van der Waals surface area contributed by atoms with Crippen LogP contribution in [-0.2, 0) is 9.53 Å². The molecule has 3 nitrogen and oxygen atoms in total. The van der Waals surface area contributed by atoms with E-state index in [-0.39, 0.29) is 17.2 Å². The van der Waals surface area contributed by atoms with Crippen LogP contribution < -0.4 is 0 Å². The van der Waals surface area contributed by atoms with Crippen LogP contribution in [0.25, 0.3) is 0 Å². The average Bonchev–Trinajstić information content (AvgIpc) is 2.72. The number of ketones is 1. The second-order valence-corrected chi connectivity index (χ2v) is 10.1. The normalized spacial score (nSPS) is 30.1. The van der Waals surface area contributed by atoms with Crippen molar-refractivity contribution in [3.05, 3.63) is 70.8 Å². The summed E-state index contributed by atoms with van der Waals surface area (Å²) in [6, 6.07) is 15.3. The maximum absolute atomic E-state index is 13.6. The second-order valence-electron chi connectivity index (χ2n) is 10.1. The van der Waals surface area contributed by atoms with Crippen molar-refractivity contribution in [2.75, 3.05) is 0 Å². The van der Waals surface area contributed by atoms with E-state index in [9.17, 15) is 9.59 Å². The van der Waals surface area contributed by atoms with E-state index in [1.165, 1.54) is 19.3 Å². The van der Waals surface area contributed by atoms with Gasteiger partial charge in [-0.3, -0.25) is 9.59 Å². The maximum Gasteiger partial charge on any atom is 0.313 e. The molecule has 2 aromatic rings. The zero-order valence-corrected chi connectivity index (χ0v) is 17.9. The summed E-state index contributed by atoms with van der Waals surface area (Å²) < 4.78 is 6.12. The molecule has 1 atom stereocenters. The predicted molar refractivity (Wildman–Crippen MR) is 116 cm³/mol. The van der Waals surface area contributed by atoms with Gasteiger partial charge in [-0.15, -0.1) is 0 Å². The van der Waals surface area contributed by atoms with Gasteiger partial charge < -0.3 is 4.74 Å². The van der Waals surface area contributed by atoms with E-state index < -0.39 is 6.10 Å². The van der Waals surface area contributed by atoms with Crippen molar-refractivity contribution >= 4 is 11.8 Å². The SMILES string of the molecule is Cc1ccc(C(=O)[C@H](OC(=O)C23CC4CC(CC(C4)C2)C3)c2ccc(C)cc2)cc1. The largest absolute Gasteiger partial charge is 0.449 e. The summed E-state index contributed by atoms with van der Waals surface area (Å²) in [6.07, 6.45) is 5.77. The Morgan fingerprint density at radius 2 is 1.27 bits per heavy atom. The van der Waals surface area contributed by atoms with Gasteiger partial charge in [0.05, 0.1) is 5.41 Å². The number of benzene rings is 2. The van der Waals surface area contributed by atoms with Crippen LogP contribution in [0.1, 0.15) is 71.7 Å². The minimum atomic E-state index is -0.881. The molecule has 0 heterocycles. The van der Waals surface area contributed by atoms with E-state index in [1.807, 2.05) is 62.4 Å². The van der Waals surface area contributed by atoms with Crippen LogP contribution in [0.4, 0.5) is 0 Å². The number of carbonyl (C=O) groups excluding carboxylic acids is 2. The molecule has 0 aromatic heterocycles. The fraction of sp³-hybridized carbons (Fsp3) is 0.481. The third-order valence-electron chi connectivity index (χ3n) is 7.65. The molecule has 0 spiro atoms. The highest BCUT2D eigenvalue weighted by Crippen LogP contribution is 2.60. The molecule has 4 fully saturated rings. The van der Waals surface area contributed by atoms with Crippen molar-refractivity contribution in [2.24, 2.45) is 23.2 Å². The summed E-state index contributed by atoms with van der Waals surface area (Å²) in [6.45, 7) is 4.01. The van der Waals surface area contributed by atoms with E-state index in [0.29, 0.717) is 23.3 Å². The van der Waals surface area contributed by atoms with Gasteiger partial charge in [-0.25, -0.2) is 0 Å². The standard InChI is InChI=1S/C27H30O3/c1-17-3-7-22(8-4-17)24(28)25(23-9-5-18(2)6-10-23)30-26(29)27-14-19-11-20(15-27)13-21(12-19)16-27/h3-10,19-21,25H,11-16H2,1-2H3/t19?,20?,21?,25-,27?/m1/s1. The van der Waals surface area contributed by atoms with E-state index in [1.54, 1.807) is 0 Å². The van der Waals surface area contributed by atoms with Crippen molar-refractivity contribution < 1.29 is 14.3 Å². The first-order chi connectivity index (χ1) is 14.4. The molecule has 0 radical (unpaired) electrons. The maximum atomic E-state index is 13.6. The predicted octanol–water partition coefficient (Wildman–Crippen LogP) is 5.99. The number of carbonyl (C=O) groups is 2. The highest BCUT2D eigenvalue weighted by molar-refractivity contribution is 6.01. The van der Waals surface area contributed by atoms with Gasteiger partial charge in [-0.2, -0.15) is 0 Å². The minimum absolute atomic E-state index is 0.142. The minimum Gasteiger partial charge on any atom is -0.449 e. The fourth-order valence-corrected chi connectivity index (χ4v) is 6.48. The Labute approximate surface area is 178 Å². The monoisotopic (exact) mass is 402 g/mol. The number of hydrogen-bond acceptors (Lipinski definition) is 3. The zero-order valence-electron chi connectivity index (χ0n) is 17.9. The highest BCUT2D eigenvalue weighted by Gasteiger charge is 2.56. The summed E-state index contributed by atoms with van der Waals surface area (Å²) in [5.41, 5.74) is 3.19. The van der Waals surface area contributed by atoms with Crippen molar-refractivity contribution in [2.45, 2.75) is 58.5 Å². The van der Waals surface area contributed by atoms with E-state index >= 15 is 0 Å². The Balaban J connectivity index is 1.44. The number of ether oxygens (including phenoxy) is 1. The number of Topliss-reactive ketones (excluding diaryl/α,β-unsaturated/α-hetero) is 1. The molecule has 0 amide bonds. The molecular weight excluding hydrogens is 372 g/mol. The Morgan fingerprint density at radius 3 is 1.77 bits per heavy atom. The summed E-state index contributed by atoms with van der Waals surface area (Å²) in [5.74, 6) is 1.70. The molecule has 3 heteroatoms. The first-order valence-electron chi connectivity index (χ1n) is 11.3. The number of aryl methyl sites for hydroxylation is 2. The van der Waals surface area contributed by atoms with Gasteiger partial charge in [0.1, 0.15) is 0 Å². The molecule has 0 unspecified atom stereocenters. The highest BCUT2D eigenvalue weighted by atomic mass is 16.5. The van der Waals surface area contributed by atoms with Gasteiger partial charge in [-0.05, 0) is 70.1 Å². The number of hydrogen-bond donors (Lipinski definition) is 0. The van der Waals surface area contributed by atoms with Crippen LogP contribution in [0.15, 0.2) is 48.5 Å². The lowest BCUT2D eigenvalue weighted by atomic mass is 9.49. The Morgan fingerprint density at radius 1 is 0.800 bits per heavy atom. The average molecular weight is 403 g/mol. The summed E-state index contributed by atoms with van der Waals surface area (Å²) >= 11 is 0. The zero-order chi connectivity index (χ0) is 20.9. The Hall–Kier alpha value is -2.42. The van der Waals surface area contributed by atoms with Gasteiger partial charge in [0, 0.05) is 11.1 Å². The molecule has 156 valence electrons. The smallest absolute Gasteiger partial charge is 0.313 e. The molecule has 6 rings (SSSR count). The first kappa shape index (κ1) is 19.5. The summed E-state index contributed by atoms with van der Waals surface area (Å²) in [5, 5.41) is 0. The van der Waals surface area contributed by atoms with E-state index in [4.69, 9.17) is 4.74 Å². The van der Waals surface area contributed by atoms with Crippen LogP contribution >= 0.6 is 0 Å². The van der Waals surface area contributed by atoms with E-state index in [0.717, 1.165) is 36.0 Å². The van der Waals surface area contributed by atoms with Crippen LogP contribution in [0.3, 0.4) is 0 Å².